The van der Waals surface area contributed by atoms with Crippen LogP contribution in [0.5, 0.6) is 0 Å². The molecule has 0 aliphatic rings. The smallest absolute Gasteiger partial charge is 0.416 e. The summed E-state index contributed by atoms with van der Waals surface area (Å²) in [6, 6.07) is 16.5. The summed E-state index contributed by atoms with van der Waals surface area (Å²) in [7, 11) is 0. The summed E-state index contributed by atoms with van der Waals surface area (Å²) in [5, 5.41) is 9.33. The van der Waals surface area contributed by atoms with E-state index in [1.165, 1.54) is 4.90 Å². The van der Waals surface area contributed by atoms with Crippen molar-refractivity contribution in [3.8, 4) is 0 Å². The van der Waals surface area contributed by atoms with Crippen LogP contribution in [-0.2, 0) is 0 Å². The Morgan fingerprint density at radius 2 is 1.59 bits per heavy atom. The molecule has 0 aromatic heterocycles. The fourth-order valence-electron chi connectivity index (χ4n) is 1.74. The van der Waals surface area contributed by atoms with Crippen LogP contribution in [-0.4, -0.2) is 11.2 Å². The highest BCUT2D eigenvalue weighted by molar-refractivity contribution is 5.95. The number of para-hydroxylation sites is 2. The lowest BCUT2D eigenvalue weighted by atomic mass is 10.1. The van der Waals surface area contributed by atoms with Crippen LogP contribution in [0.1, 0.15) is 5.56 Å². The molecule has 86 valence electrons. The van der Waals surface area contributed by atoms with E-state index in [1.807, 2.05) is 43.3 Å². The number of benzene rings is 2. The predicted molar refractivity (Wildman–Crippen MR) is 67.8 cm³/mol. The molecule has 0 aliphatic heterocycles. The monoisotopic (exact) mass is 227 g/mol. The van der Waals surface area contributed by atoms with Crippen LogP contribution in [0.4, 0.5) is 16.2 Å². The minimum absolute atomic E-state index is 0.648. The van der Waals surface area contributed by atoms with Gasteiger partial charge in [0, 0.05) is 0 Å². The van der Waals surface area contributed by atoms with Gasteiger partial charge in [-0.3, -0.25) is 0 Å². The van der Waals surface area contributed by atoms with Gasteiger partial charge in [-0.25, -0.2) is 9.69 Å². The number of aryl methyl sites for hydroxylation is 1. The predicted octanol–water partition coefficient (Wildman–Crippen LogP) is 3.81. The Bertz CT molecular complexity index is 523. The summed E-state index contributed by atoms with van der Waals surface area (Å²) in [4.78, 5) is 12.7. The number of anilines is 2. The number of carbonyl (C=O) groups is 1. The minimum atomic E-state index is -0.981. The molecular weight excluding hydrogens is 214 g/mol. The first-order valence-corrected chi connectivity index (χ1v) is 5.34. The molecule has 3 nitrogen and oxygen atoms in total. The van der Waals surface area contributed by atoms with Gasteiger partial charge in [-0.15, -0.1) is 0 Å². The van der Waals surface area contributed by atoms with Crippen molar-refractivity contribution in [2.45, 2.75) is 6.92 Å². The molecule has 0 fully saturated rings. The average Bonchev–Trinajstić information content (AvgIpc) is 2.33. The van der Waals surface area contributed by atoms with E-state index in [-0.39, 0.29) is 0 Å². The largest absolute Gasteiger partial charge is 0.464 e. The summed E-state index contributed by atoms with van der Waals surface area (Å²) < 4.78 is 0. The second-order valence-electron chi connectivity index (χ2n) is 3.74. The van der Waals surface area contributed by atoms with Gasteiger partial charge in [-0.1, -0.05) is 36.4 Å². The number of carboxylic acid groups (broad SMARTS) is 1. The first-order valence-electron chi connectivity index (χ1n) is 5.34. The maximum atomic E-state index is 11.4. The normalized spacial score (nSPS) is 9.94. The zero-order chi connectivity index (χ0) is 12.3. The van der Waals surface area contributed by atoms with E-state index >= 15 is 0 Å². The third kappa shape index (κ3) is 2.28. The molecule has 0 unspecified atom stereocenters. The van der Waals surface area contributed by atoms with Crippen LogP contribution in [0.25, 0.3) is 0 Å². The molecule has 0 aliphatic carbocycles. The van der Waals surface area contributed by atoms with Gasteiger partial charge >= 0.3 is 6.09 Å². The Hall–Kier alpha value is -2.29. The van der Waals surface area contributed by atoms with Crippen LogP contribution >= 0.6 is 0 Å². The van der Waals surface area contributed by atoms with Crippen LogP contribution in [0, 0.1) is 6.92 Å². The molecule has 0 atom stereocenters. The van der Waals surface area contributed by atoms with Crippen molar-refractivity contribution in [3.05, 3.63) is 60.2 Å². The molecule has 0 spiro atoms. The first kappa shape index (κ1) is 11.2. The second-order valence-corrected chi connectivity index (χ2v) is 3.74. The van der Waals surface area contributed by atoms with E-state index in [0.717, 1.165) is 5.56 Å². The lowest BCUT2D eigenvalue weighted by Crippen LogP contribution is -2.24. The van der Waals surface area contributed by atoms with Crippen LogP contribution in [0.15, 0.2) is 54.6 Å². The lowest BCUT2D eigenvalue weighted by Gasteiger charge is -2.21. The Labute approximate surface area is 99.9 Å². The molecule has 3 heteroatoms. The van der Waals surface area contributed by atoms with Crippen molar-refractivity contribution in [2.75, 3.05) is 4.90 Å². The van der Waals surface area contributed by atoms with Gasteiger partial charge in [0.15, 0.2) is 0 Å². The van der Waals surface area contributed by atoms with Gasteiger partial charge < -0.3 is 5.11 Å². The number of hydrogen-bond donors (Lipinski definition) is 1. The van der Waals surface area contributed by atoms with Crippen LogP contribution in [0.3, 0.4) is 0 Å². The van der Waals surface area contributed by atoms with Gasteiger partial charge in [-0.05, 0) is 30.7 Å². The molecule has 0 heterocycles. The van der Waals surface area contributed by atoms with Crippen LogP contribution in [0.2, 0.25) is 0 Å². The molecule has 1 amide bonds. The first-order chi connectivity index (χ1) is 8.20. The maximum absolute atomic E-state index is 11.4. The zero-order valence-corrected chi connectivity index (χ0v) is 9.50. The number of nitrogens with zero attached hydrogens (tertiary/aromatic N) is 1. The molecule has 0 radical (unpaired) electrons. The van der Waals surface area contributed by atoms with Crippen molar-refractivity contribution in [2.24, 2.45) is 0 Å². The van der Waals surface area contributed by atoms with Gasteiger partial charge in [0.1, 0.15) is 0 Å². The lowest BCUT2D eigenvalue weighted by molar-refractivity contribution is 0.205. The molecule has 2 aromatic carbocycles. The van der Waals surface area contributed by atoms with Crippen LogP contribution < -0.4 is 4.90 Å². The SMILES string of the molecule is Cc1ccccc1N(C(=O)O)c1ccccc1. The standard InChI is InChI=1S/C14H13NO2/c1-11-7-5-6-10-13(11)15(14(16)17)12-8-3-2-4-9-12/h2-10H,1H3,(H,16,17). The van der Waals surface area contributed by atoms with E-state index < -0.39 is 6.09 Å². The maximum Gasteiger partial charge on any atom is 0.416 e. The van der Waals surface area contributed by atoms with E-state index in [0.29, 0.717) is 11.4 Å². The third-order valence-electron chi connectivity index (χ3n) is 2.56. The summed E-state index contributed by atoms with van der Waals surface area (Å²) >= 11 is 0. The molecule has 0 bridgehead atoms. The van der Waals surface area contributed by atoms with Gasteiger partial charge in [0.25, 0.3) is 0 Å². The van der Waals surface area contributed by atoms with Crippen molar-refractivity contribution < 1.29 is 9.90 Å². The highest BCUT2D eigenvalue weighted by Crippen LogP contribution is 2.27. The summed E-state index contributed by atoms with van der Waals surface area (Å²) in [5.74, 6) is 0. The number of hydrogen-bond acceptors (Lipinski definition) is 1. The summed E-state index contributed by atoms with van der Waals surface area (Å²) in [6.07, 6.45) is -0.981. The van der Waals surface area contributed by atoms with Crippen molar-refractivity contribution in [1.82, 2.24) is 0 Å². The van der Waals surface area contributed by atoms with Crippen molar-refractivity contribution in [1.29, 1.82) is 0 Å². The highest BCUT2D eigenvalue weighted by Gasteiger charge is 2.17. The molecule has 1 N–H and O–H groups in total. The van der Waals surface area contributed by atoms with E-state index in [1.54, 1.807) is 18.2 Å². The molecule has 0 saturated carbocycles. The van der Waals surface area contributed by atoms with E-state index in [2.05, 4.69) is 0 Å². The Balaban J connectivity index is 2.51. The molecule has 2 aromatic rings. The number of rotatable bonds is 2. The van der Waals surface area contributed by atoms with Gasteiger partial charge in [-0.2, -0.15) is 0 Å². The third-order valence-corrected chi connectivity index (χ3v) is 2.56. The number of amides is 1. The van der Waals surface area contributed by atoms with Gasteiger partial charge in [0.2, 0.25) is 0 Å². The fourth-order valence-corrected chi connectivity index (χ4v) is 1.74. The Morgan fingerprint density at radius 3 is 2.18 bits per heavy atom. The quantitative estimate of drug-likeness (QED) is 0.847. The zero-order valence-electron chi connectivity index (χ0n) is 9.50. The van der Waals surface area contributed by atoms with Gasteiger partial charge in [0.05, 0.1) is 11.4 Å². The topological polar surface area (TPSA) is 40.5 Å². The minimum Gasteiger partial charge on any atom is -0.464 e. The average molecular weight is 227 g/mol. The molecule has 17 heavy (non-hydrogen) atoms. The molecule has 0 saturated heterocycles. The second kappa shape index (κ2) is 4.70. The van der Waals surface area contributed by atoms with E-state index in [9.17, 15) is 9.90 Å². The van der Waals surface area contributed by atoms with E-state index in [4.69, 9.17) is 0 Å². The Kier molecular flexibility index (Phi) is 3.10. The van der Waals surface area contributed by atoms with Crippen molar-refractivity contribution in [3.63, 3.8) is 0 Å². The Morgan fingerprint density at radius 1 is 1.00 bits per heavy atom. The highest BCUT2D eigenvalue weighted by atomic mass is 16.4. The van der Waals surface area contributed by atoms with Crippen molar-refractivity contribution >= 4 is 17.5 Å². The summed E-state index contributed by atoms with van der Waals surface area (Å²) in [6.45, 7) is 1.90. The molecule has 2 rings (SSSR count). The molecular formula is C14H13NO2. The fraction of sp³-hybridized carbons (Fsp3) is 0.0714. The summed E-state index contributed by atoms with van der Waals surface area (Å²) in [5.41, 5.74) is 2.26.